The minimum atomic E-state index is -1.99. The van der Waals surface area contributed by atoms with Gasteiger partial charge in [0.2, 0.25) is 5.91 Å². The van der Waals surface area contributed by atoms with Crippen molar-refractivity contribution in [2.24, 2.45) is 11.8 Å². The molecule has 3 rings (SSSR count). The van der Waals surface area contributed by atoms with Crippen molar-refractivity contribution in [1.82, 2.24) is 10.3 Å². The lowest BCUT2D eigenvalue weighted by Crippen LogP contribution is -2.67. The average molecular weight is 415 g/mol. The van der Waals surface area contributed by atoms with Gasteiger partial charge in [-0.05, 0) is 73.7 Å². The lowest BCUT2D eigenvalue weighted by Gasteiger charge is -2.48. The number of nitrogens with one attached hydrogen (secondary N) is 1. The van der Waals surface area contributed by atoms with E-state index in [0.29, 0.717) is 0 Å². The Balaban J connectivity index is 1.75. The number of carbonyl (C=O) groups is 2. The first kappa shape index (κ1) is 21.9. The molecule has 0 bridgehead atoms. The van der Waals surface area contributed by atoms with Gasteiger partial charge in [0.1, 0.15) is 0 Å². The van der Waals surface area contributed by atoms with Crippen molar-refractivity contribution in [1.29, 1.82) is 0 Å². The van der Waals surface area contributed by atoms with Gasteiger partial charge in [0.15, 0.2) is 14.1 Å². The van der Waals surface area contributed by atoms with Gasteiger partial charge in [0.05, 0.1) is 18.1 Å². The molecule has 1 saturated heterocycles. The van der Waals surface area contributed by atoms with Crippen LogP contribution in [-0.2, 0) is 14.0 Å². The van der Waals surface area contributed by atoms with Gasteiger partial charge in [-0.1, -0.05) is 20.8 Å². The molecule has 1 N–H and O–H groups in total. The van der Waals surface area contributed by atoms with Gasteiger partial charge in [0.25, 0.3) is 0 Å². The molecule has 0 spiro atoms. The van der Waals surface area contributed by atoms with Crippen LogP contribution in [0.25, 0.3) is 6.08 Å². The number of rotatable bonds is 5. The molecule has 4 atom stereocenters. The first-order chi connectivity index (χ1) is 13.5. The second kappa shape index (κ2) is 8.15. The van der Waals surface area contributed by atoms with Gasteiger partial charge in [-0.3, -0.25) is 14.6 Å². The number of allylic oxidation sites excluding steroid dienone is 1. The number of Topliss-reactive ketones (excluding diaryl/α,β-unsaturated/α-hetero) is 1. The summed E-state index contributed by atoms with van der Waals surface area (Å²) in [4.78, 5) is 29.7. The molecule has 2 aliphatic rings. The smallest absolute Gasteiger partial charge is 0.228 e. The Morgan fingerprint density at radius 2 is 1.90 bits per heavy atom. The number of ketones is 1. The van der Waals surface area contributed by atoms with Gasteiger partial charge >= 0.3 is 0 Å². The molecule has 2 heterocycles. The Labute approximate surface area is 175 Å². The quantitative estimate of drug-likeness (QED) is 0.442. The summed E-state index contributed by atoms with van der Waals surface area (Å²) in [5.41, 5.74) is 1.85. The van der Waals surface area contributed by atoms with Crippen molar-refractivity contribution >= 4 is 26.1 Å². The maximum absolute atomic E-state index is 13.2. The summed E-state index contributed by atoms with van der Waals surface area (Å²) in [7, 11) is -1.99. The molecule has 0 aromatic carbocycles. The fourth-order valence-electron chi connectivity index (χ4n) is 4.14. The van der Waals surface area contributed by atoms with Crippen molar-refractivity contribution in [3.8, 4) is 0 Å². The number of nitrogens with zero attached hydrogens (tertiary/aromatic N) is 1. The first-order valence-electron chi connectivity index (χ1n) is 10.6. The summed E-state index contributed by atoms with van der Waals surface area (Å²) >= 11 is 0. The lowest BCUT2D eigenvalue weighted by molar-refractivity contribution is -0.144. The molecule has 29 heavy (non-hydrogen) atoms. The SMILES string of the molecule is C[C@@H](O[Si](C)(C)C(C)(C)C)[C@H]1C(=O)N[C@@H]1[C@H]1CCC/C(=C\c2ccncc2)C1=O. The second-order valence-corrected chi connectivity index (χ2v) is 14.7. The zero-order valence-corrected chi connectivity index (χ0v) is 19.5. The highest BCUT2D eigenvalue weighted by Gasteiger charge is 2.52. The number of carbonyl (C=O) groups excluding carboxylic acids is 2. The Morgan fingerprint density at radius 1 is 1.24 bits per heavy atom. The van der Waals surface area contributed by atoms with Crippen LogP contribution in [0.2, 0.25) is 18.1 Å². The van der Waals surface area contributed by atoms with Gasteiger partial charge in [0, 0.05) is 18.3 Å². The van der Waals surface area contributed by atoms with Crippen LogP contribution in [0, 0.1) is 11.8 Å². The average Bonchev–Trinajstić information content (AvgIpc) is 2.61. The zero-order chi connectivity index (χ0) is 21.4. The summed E-state index contributed by atoms with van der Waals surface area (Å²) in [5, 5.41) is 3.10. The highest BCUT2D eigenvalue weighted by molar-refractivity contribution is 6.74. The van der Waals surface area contributed by atoms with E-state index in [-0.39, 0.29) is 40.7 Å². The van der Waals surface area contributed by atoms with E-state index in [9.17, 15) is 9.59 Å². The van der Waals surface area contributed by atoms with E-state index < -0.39 is 8.32 Å². The predicted molar refractivity (Wildman–Crippen MR) is 118 cm³/mol. The third kappa shape index (κ3) is 4.53. The van der Waals surface area contributed by atoms with Crippen LogP contribution < -0.4 is 5.32 Å². The molecular formula is C23H34N2O3Si. The molecule has 1 aliphatic heterocycles. The maximum atomic E-state index is 13.2. The Morgan fingerprint density at radius 3 is 2.48 bits per heavy atom. The van der Waals surface area contributed by atoms with Gasteiger partial charge in [-0.2, -0.15) is 0 Å². The van der Waals surface area contributed by atoms with E-state index in [2.05, 4.69) is 44.2 Å². The normalized spacial score (nSPS) is 28.1. The van der Waals surface area contributed by atoms with Crippen LogP contribution in [-0.4, -0.2) is 37.1 Å². The highest BCUT2D eigenvalue weighted by Crippen LogP contribution is 2.41. The van der Waals surface area contributed by atoms with Crippen LogP contribution in [0.5, 0.6) is 0 Å². The topological polar surface area (TPSA) is 68.3 Å². The summed E-state index contributed by atoms with van der Waals surface area (Å²) in [6, 6.07) is 3.69. The van der Waals surface area contributed by atoms with Gasteiger partial charge < -0.3 is 9.74 Å². The van der Waals surface area contributed by atoms with E-state index in [0.717, 1.165) is 30.4 Å². The molecule has 1 aromatic rings. The molecule has 6 heteroatoms. The Bertz CT molecular complexity index is 798. The van der Waals surface area contributed by atoms with Crippen molar-refractivity contribution in [3.05, 3.63) is 35.7 Å². The zero-order valence-electron chi connectivity index (χ0n) is 18.5. The van der Waals surface area contributed by atoms with Crippen LogP contribution in [0.3, 0.4) is 0 Å². The summed E-state index contributed by atoms with van der Waals surface area (Å²) in [5.74, 6) is -0.231. The van der Waals surface area contributed by atoms with Crippen LogP contribution >= 0.6 is 0 Å². The number of aromatic nitrogens is 1. The largest absolute Gasteiger partial charge is 0.413 e. The van der Waals surface area contributed by atoms with E-state index in [1.54, 1.807) is 12.4 Å². The molecule has 1 saturated carbocycles. The minimum Gasteiger partial charge on any atom is -0.413 e. The maximum Gasteiger partial charge on any atom is 0.228 e. The summed E-state index contributed by atoms with van der Waals surface area (Å²) < 4.78 is 6.50. The summed E-state index contributed by atoms with van der Waals surface area (Å²) in [6.45, 7) is 13.0. The predicted octanol–water partition coefficient (Wildman–Crippen LogP) is 4.36. The minimum absolute atomic E-state index is 0.0132. The Hall–Kier alpha value is -1.79. The number of hydrogen-bond donors (Lipinski definition) is 1. The van der Waals surface area contributed by atoms with Crippen molar-refractivity contribution in [2.75, 3.05) is 0 Å². The fourth-order valence-corrected chi connectivity index (χ4v) is 5.57. The molecule has 0 radical (unpaired) electrons. The molecule has 158 valence electrons. The van der Waals surface area contributed by atoms with Crippen LogP contribution in [0.15, 0.2) is 30.1 Å². The number of pyridine rings is 1. The molecule has 1 aliphatic carbocycles. The standard InChI is InChI=1S/C23H34N2O3Si/c1-15(28-29(5,6)23(2,3)4)19-20(25-22(19)27)18-9-7-8-17(21(18)26)14-16-10-12-24-13-11-16/h10-15,18-20H,7-9H2,1-6H3,(H,25,27)/b17-14+/t15-,18-,19-,20-/m1/s1. The molecule has 1 amide bonds. The summed E-state index contributed by atoms with van der Waals surface area (Å²) in [6.07, 6.45) is 7.83. The first-order valence-corrected chi connectivity index (χ1v) is 13.5. The van der Waals surface area contributed by atoms with Crippen LogP contribution in [0.1, 0.15) is 52.5 Å². The monoisotopic (exact) mass is 414 g/mol. The van der Waals surface area contributed by atoms with Gasteiger partial charge in [-0.15, -0.1) is 0 Å². The fraction of sp³-hybridized carbons (Fsp3) is 0.609. The van der Waals surface area contributed by atoms with E-state index in [1.807, 2.05) is 25.1 Å². The van der Waals surface area contributed by atoms with Gasteiger partial charge in [-0.25, -0.2) is 0 Å². The van der Waals surface area contributed by atoms with E-state index in [1.165, 1.54) is 0 Å². The molecule has 5 nitrogen and oxygen atoms in total. The van der Waals surface area contributed by atoms with E-state index in [4.69, 9.17) is 4.43 Å². The third-order valence-electron chi connectivity index (χ3n) is 6.89. The molecule has 1 aromatic heterocycles. The number of hydrogen-bond acceptors (Lipinski definition) is 4. The molecule has 0 unspecified atom stereocenters. The van der Waals surface area contributed by atoms with Crippen molar-refractivity contribution < 1.29 is 14.0 Å². The lowest BCUT2D eigenvalue weighted by atomic mass is 9.70. The molecule has 2 fully saturated rings. The van der Waals surface area contributed by atoms with Crippen LogP contribution in [0.4, 0.5) is 0 Å². The highest BCUT2D eigenvalue weighted by atomic mass is 28.4. The van der Waals surface area contributed by atoms with Crippen molar-refractivity contribution in [2.45, 2.75) is 77.2 Å². The van der Waals surface area contributed by atoms with Crippen molar-refractivity contribution in [3.63, 3.8) is 0 Å². The molecular weight excluding hydrogens is 380 g/mol. The number of amides is 1. The Kier molecular flexibility index (Phi) is 6.15. The second-order valence-electron chi connectivity index (χ2n) is 9.96. The number of β-lactam (4-membered cyclic amide) rings is 1. The van der Waals surface area contributed by atoms with E-state index >= 15 is 0 Å². The third-order valence-corrected chi connectivity index (χ3v) is 11.5.